The van der Waals surface area contributed by atoms with Gasteiger partial charge in [0.2, 0.25) is 0 Å². The summed E-state index contributed by atoms with van der Waals surface area (Å²) >= 11 is 3.02. The van der Waals surface area contributed by atoms with E-state index in [9.17, 15) is 4.79 Å². The maximum absolute atomic E-state index is 12.4. The van der Waals surface area contributed by atoms with Crippen LogP contribution in [0.3, 0.4) is 0 Å². The third kappa shape index (κ3) is 7.28. The van der Waals surface area contributed by atoms with Crippen LogP contribution in [0.1, 0.15) is 50.9 Å². The number of rotatable bonds is 7. The van der Waals surface area contributed by atoms with Gasteiger partial charge in [-0.25, -0.2) is 19.7 Å². The zero-order valence-electron chi connectivity index (χ0n) is 23.0. The molecule has 5 heterocycles. The van der Waals surface area contributed by atoms with Gasteiger partial charge in [-0.1, -0.05) is 17.8 Å². The van der Waals surface area contributed by atoms with E-state index >= 15 is 0 Å². The number of likely N-dealkylation sites (tertiary alicyclic amines) is 1. The highest BCUT2D eigenvalue weighted by atomic mass is 32.2. The van der Waals surface area contributed by atoms with E-state index in [1.54, 1.807) is 23.5 Å². The second-order valence-electron chi connectivity index (χ2n) is 10.4. The minimum absolute atomic E-state index is 0.248. The van der Waals surface area contributed by atoms with Crippen LogP contribution in [0.25, 0.3) is 0 Å². The summed E-state index contributed by atoms with van der Waals surface area (Å²) in [5.74, 6) is 2.25. The standard InChI is InChI=1S/C29H32N6O3S2/c1-19-22(8-7-13-30-19)37-23-16-25(32-17-24(23)40-26-9-5-6-12-31-26)34-27-33-21(18-39-27)20-10-14-35(15-11-20)28(36)38-29(2,3)4/h5-9,12-13,16-18,20H,10-11,14-15H2,1-4H3,(H,32,33,34). The zero-order chi connectivity index (χ0) is 28.1. The van der Waals surface area contributed by atoms with E-state index < -0.39 is 5.60 Å². The Kier molecular flexibility index (Phi) is 8.51. The monoisotopic (exact) mass is 576 g/mol. The van der Waals surface area contributed by atoms with Crippen molar-refractivity contribution in [2.24, 2.45) is 0 Å². The number of nitrogens with zero attached hydrogens (tertiary/aromatic N) is 5. The van der Waals surface area contributed by atoms with E-state index in [0.717, 1.165) is 39.3 Å². The van der Waals surface area contributed by atoms with Crippen LogP contribution in [0, 0.1) is 6.92 Å². The molecule has 1 aliphatic heterocycles. The molecule has 208 valence electrons. The minimum Gasteiger partial charge on any atom is -0.454 e. The van der Waals surface area contributed by atoms with Crippen LogP contribution in [-0.4, -0.2) is 49.6 Å². The lowest BCUT2D eigenvalue weighted by Gasteiger charge is -2.32. The first-order valence-corrected chi connectivity index (χ1v) is 14.8. The normalized spacial score (nSPS) is 14.2. The SMILES string of the molecule is Cc1ncccc1Oc1cc(Nc2nc(C3CCN(C(=O)OC(C)(C)C)CC3)cs2)ncc1Sc1ccccn1. The Hall–Kier alpha value is -3.70. The first kappa shape index (κ1) is 27.9. The lowest BCUT2D eigenvalue weighted by Crippen LogP contribution is -2.41. The number of nitrogens with one attached hydrogen (secondary N) is 1. The zero-order valence-corrected chi connectivity index (χ0v) is 24.6. The van der Waals surface area contributed by atoms with Crippen LogP contribution in [-0.2, 0) is 4.74 Å². The molecule has 0 spiro atoms. The van der Waals surface area contributed by atoms with E-state index in [4.69, 9.17) is 14.5 Å². The molecule has 0 atom stereocenters. The lowest BCUT2D eigenvalue weighted by molar-refractivity contribution is 0.0204. The van der Waals surface area contributed by atoms with Crippen molar-refractivity contribution < 1.29 is 14.3 Å². The van der Waals surface area contributed by atoms with Crippen molar-refractivity contribution in [1.29, 1.82) is 0 Å². The highest BCUT2D eigenvalue weighted by Crippen LogP contribution is 2.39. The number of ether oxygens (including phenoxy) is 2. The molecule has 4 aromatic rings. The fourth-order valence-corrected chi connectivity index (χ4v) is 5.78. The first-order valence-electron chi connectivity index (χ1n) is 13.1. The number of carbonyl (C=O) groups is 1. The molecule has 0 unspecified atom stereocenters. The minimum atomic E-state index is -0.492. The van der Waals surface area contributed by atoms with Crippen LogP contribution in [0.5, 0.6) is 11.5 Å². The number of hydrogen-bond acceptors (Lipinski definition) is 10. The number of aryl methyl sites for hydroxylation is 1. The van der Waals surface area contributed by atoms with Gasteiger partial charge in [0, 0.05) is 49.0 Å². The molecular weight excluding hydrogens is 544 g/mol. The van der Waals surface area contributed by atoms with Gasteiger partial charge in [0.1, 0.15) is 27.9 Å². The Morgan fingerprint density at radius 1 is 1.07 bits per heavy atom. The molecule has 5 rings (SSSR count). The molecule has 1 amide bonds. The van der Waals surface area contributed by atoms with Crippen LogP contribution < -0.4 is 10.1 Å². The Morgan fingerprint density at radius 2 is 1.88 bits per heavy atom. The summed E-state index contributed by atoms with van der Waals surface area (Å²) < 4.78 is 11.8. The lowest BCUT2D eigenvalue weighted by atomic mass is 9.94. The van der Waals surface area contributed by atoms with Gasteiger partial charge in [-0.2, -0.15) is 0 Å². The predicted molar refractivity (Wildman–Crippen MR) is 157 cm³/mol. The van der Waals surface area contributed by atoms with Crippen molar-refractivity contribution in [2.75, 3.05) is 18.4 Å². The number of amides is 1. The molecule has 0 saturated carbocycles. The largest absolute Gasteiger partial charge is 0.454 e. The Bertz CT molecular complexity index is 1450. The molecule has 4 aromatic heterocycles. The van der Waals surface area contributed by atoms with Crippen LogP contribution in [0.15, 0.2) is 70.3 Å². The van der Waals surface area contributed by atoms with Crippen molar-refractivity contribution >= 4 is 40.1 Å². The molecule has 40 heavy (non-hydrogen) atoms. The predicted octanol–water partition coefficient (Wildman–Crippen LogP) is 7.44. The molecule has 11 heteroatoms. The topological polar surface area (TPSA) is 102 Å². The molecule has 9 nitrogen and oxygen atoms in total. The third-order valence-corrected chi connectivity index (χ3v) is 7.94. The molecular formula is C29H32N6O3S2. The maximum Gasteiger partial charge on any atom is 0.410 e. The molecule has 1 N–H and O–H groups in total. The van der Waals surface area contributed by atoms with Crippen molar-refractivity contribution in [3.8, 4) is 11.5 Å². The fourth-order valence-electron chi connectivity index (χ4n) is 4.19. The van der Waals surface area contributed by atoms with E-state index in [-0.39, 0.29) is 6.09 Å². The van der Waals surface area contributed by atoms with Gasteiger partial charge in [-0.05, 0) is 64.8 Å². The van der Waals surface area contributed by atoms with Gasteiger partial charge in [0.05, 0.1) is 16.3 Å². The first-order chi connectivity index (χ1) is 19.2. The number of carbonyl (C=O) groups excluding carboxylic acids is 1. The van der Waals surface area contributed by atoms with E-state index in [1.165, 1.54) is 23.1 Å². The van der Waals surface area contributed by atoms with Crippen molar-refractivity contribution in [1.82, 2.24) is 24.8 Å². The van der Waals surface area contributed by atoms with Gasteiger partial charge in [-0.3, -0.25) is 4.98 Å². The summed E-state index contributed by atoms with van der Waals surface area (Å²) in [6.45, 7) is 8.89. The number of anilines is 2. The number of aromatic nitrogens is 4. The number of pyridine rings is 3. The van der Waals surface area contributed by atoms with Crippen molar-refractivity contribution in [3.63, 3.8) is 0 Å². The molecule has 1 aliphatic rings. The van der Waals surface area contributed by atoms with Gasteiger partial charge >= 0.3 is 6.09 Å². The Labute approximate surface area is 242 Å². The van der Waals surface area contributed by atoms with E-state index in [0.29, 0.717) is 36.3 Å². The summed E-state index contributed by atoms with van der Waals surface area (Å²) in [6, 6.07) is 11.4. The second-order valence-corrected chi connectivity index (χ2v) is 12.3. The second kappa shape index (κ2) is 12.2. The van der Waals surface area contributed by atoms with E-state index in [1.807, 2.05) is 64.1 Å². The van der Waals surface area contributed by atoms with Crippen molar-refractivity contribution in [2.45, 2.75) is 62.0 Å². The van der Waals surface area contributed by atoms with Crippen LogP contribution in [0.4, 0.5) is 15.7 Å². The highest BCUT2D eigenvalue weighted by molar-refractivity contribution is 7.99. The molecule has 0 bridgehead atoms. The number of piperidine rings is 1. The molecule has 0 aliphatic carbocycles. The summed E-state index contributed by atoms with van der Waals surface area (Å²) in [6.07, 6.45) is 6.74. The van der Waals surface area contributed by atoms with Gasteiger partial charge in [0.15, 0.2) is 5.13 Å². The quantitative estimate of drug-likeness (QED) is 0.240. The number of thiazole rings is 1. The average molecular weight is 577 g/mol. The molecule has 1 saturated heterocycles. The average Bonchev–Trinajstić information content (AvgIpc) is 3.39. The maximum atomic E-state index is 12.4. The summed E-state index contributed by atoms with van der Waals surface area (Å²) in [7, 11) is 0. The summed E-state index contributed by atoms with van der Waals surface area (Å²) in [5.41, 5.74) is 1.33. The Balaban J connectivity index is 1.28. The number of hydrogen-bond donors (Lipinski definition) is 1. The van der Waals surface area contributed by atoms with Gasteiger partial charge in [0.25, 0.3) is 0 Å². The smallest absolute Gasteiger partial charge is 0.410 e. The molecule has 1 fully saturated rings. The molecule has 0 radical (unpaired) electrons. The highest BCUT2D eigenvalue weighted by Gasteiger charge is 2.28. The molecule has 0 aromatic carbocycles. The van der Waals surface area contributed by atoms with Crippen LogP contribution in [0.2, 0.25) is 0 Å². The van der Waals surface area contributed by atoms with E-state index in [2.05, 4.69) is 25.6 Å². The van der Waals surface area contributed by atoms with Gasteiger partial charge in [-0.15, -0.1) is 11.3 Å². The summed E-state index contributed by atoms with van der Waals surface area (Å²) in [4.78, 5) is 33.3. The summed E-state index contributed by atoms with van der Waals surface area (Å²) in [5, 5.41) is 7.02. The van der Waals surface area contributed by atoms with Crippen molar-refractivity contribution in [3.05, 3.63) is 71.8 Å². The Morgan fingerprint density at radius 3 is 2.60 bits per heavy atom. The fraction of sp³-hybridized carbons (Fsp3) is 0.345. The third-order valence-electron chi connectivity index (χ3n) is 6.18. The van der Waals surface area contributed by atoms with Gasteiger partial charge < -0.3 is 19.7 Å². The van der Waals surface area contributed by atoms with Crippen LogP contribution >= 0.6 is 23.1 Å².